The molecule has 0 radical (unpaired) electrons. The minimum Gasteiger partial charge on any atom is -0.493 e. The van der Waals surface area contributed by atoms with Gasteiger partial charge in [0.2, 0.25) is 0 Å². The number of ether oxygens (including phenoxy) is 2. The van der Waals surface area contributed by atoms with Crippen LogP contribution in [0.4, 0.5) is 10.8 Å². The summed E-state index contributed by atoms with van der Waals surface area (Å²) in [5.41, 5.74) is 2.70. The van der Waals surface area contributed by atoms with Gasteiger partial charge in [0, 0.05) is 33.8 Å². The van der Waals surface area contributed by atoms with Gasteiger partial charge >= 0.3 is 0 Å². The summed E-state index contributed by atoms with van der Waals surface area (Å²) in [5, 5.41) is 8.77. The summed E-state index contributed by atoms with van der Waals surface area (Å²) in [5.74, 6) is 0.826. The fraction of sp³-hybridized carbons (Fsp3) is 0.200. The molecule has 0 spiro atoms. The fourth-order valence-corrected chi connectivity index (χ4v) is 3.49. The Morgan fingerprint density at radius 2 is 2.00 bits per heavy atom. The van der Waals surface area contributed by atoms with Crippen LogP contribution in [0.2, 0.25) is 0 Å². The Hall–Kier alpha value is -2.58. The second kappa shape index (κ2) is 9.57. The summed E-state index contributed by atoms with van der Waals surface area (Å²) in [6, 6.07) is 11.3. The van der Waals surface area contributed by atoms with Gasteiger partial charge in [-0.2, -0.15) is 0 Å². The molecule has 0 saturated heterocycles. The number of nitrogens with one attached hydrogen (secondary N) is 2. The number of halogens is 1. The van der Waals surface area contributed by atoms with Crippen molar-refractivity contribution >= 4 is 44.0 Å². The van der Waals surface area contributed by atoms with Gasteiger partial charge in [0.15, 0.2) is 23.2 Å². The number of hydrogen-bond donors (Lipinski definition) is 2. The first kappa shape index (κ1) is 20.2. The van der Waals surface area contributed by atoms with Crippen molar-refractivity contribution in [3.8, 4) is 11.5 Å². The van der Waals surface area contributed by atoms with Crippen LogP contribution >= 0.6 is 27.3 Å². The topological polar surface area (TPSA) is 72.5 Å². The maximum atomic E-state index is 12.3. The zero-order valence-corrected chi connectivity index (χ0v) is 17.9. The van der Waals surface area contributed by atoms with Gasteiger partial charge in [0.25, 0.3) is 5.91 Å². The number of carbonyl (C=O) groups excluding carboxylic acids is 1. The third kappa shape index (κ3) is 5.24. The van der Waals surface area contributed by atoms with Crippen molar-refractivity contribution in [3.05, 3.63) is 63.6 Å². The van der Waals surface area contributed by atoms with Crippen molar-refractivity contribution < 1.29 is 14.3 Å². The maximum Gasteiger partial charge on any atom is 0.262 e. The standard InChI is InChI=1S/C20H20BrN3O3S/c1-13-3-5-14(6-4-13)24-18(25)12-27-19-15(11-23-20-22-9-10-28-20)16(21)7-8-17(19)26-2/h3-10H,11-12H2,1-2H3,(H,22,23)(H,24,25). The van der Waals surface area contributed by atoms with Crippen LogP contribution in [-0.4, -0.2) is 24.6 Å². The Morgan fingerprint density at radius 3 is 2.68 bits per heavy atom. The molecule has 8 heteroatoms. The first-order chi connectivity index (χ1) is 13.6. The molecule has 1 amide bonds. The number of thiazole rings is 1. The molecule has 0 fully saturated rings. The first-order valence-electron chi connectivity index (χ1n) is 8.55. The molecular weight excluding hydrogens is 442 g/mol. The van der Waals surface area contributed by atoms with E-state index in [1.165, 1.54) is 11.3 Å². The van der Waals surface area contributed by atoms with Crippen molar-refractivity contribution in [1.82, 2.24) is 4.98 Å². The maximum absolute atomic E-state index is 12.3. The van der Waals surface area contributed by atoms with Crippen LogP contribution in [-0.2, 0) is 11.3 Å². The van der Waals surface area contributed by atoms with Crippen molar-refractivity contribution in [3.63, 3.8) is 0 Å². The number of rotatable bonds is 8. The van der Waals surface area contributed by atoms with Crippen LogP contribution in [0.15, 0.2) is 52.4 Å². The summed E-state index contributed by atoms with van der Waals surface area (Å²) in [6.45, 7) is 2.33. The predicted octanol–water partition coefficient (Wildman–Crippen LogP) is 4.85. The Labute approximate surface area is 176 Å². The van der Waals surface area contributed by atoms with Crippen molar-refractivity contribution in [2.24, 2.45) is 0 Å². The average Bonchev–Trinajstić information content (AvgIpc) is 3.21. The van der Waals surface area contributed by atoms with Gasteiger partial charge in [-0.05, 0) is 31.2 Å². The highest BCUT2D eigenvalue weighted by atomic mass is 79.9. The number of amides is 1. The zero-order valence-electron chi connectivity index (χ0n) is 15.5. The smallest absolute Gasteiger partial charge is 0.262 e. The molecule has 2 N–H and O–H groups in total. The number of benzene rings is 2. The quantitative estimate of drug-likeness (QED) is 0.501. The lowest BCUT2D eigenvalue weighted by Crippen LogP contribution is -2.21. The van der Waals surface area contributed by atoms with E-state index in [9.17, 15) is 4.79 Å². The Bertz CT molecular complexity index is 931. The van der Waals surface area contributed by atoms with Gasteiger partial charge in [0.1, 0.15) is 0 Å². The molecule has 0 bridgehead atoms. The van der Waals surface area contributed by atoms with E-state index in [2.05, 4.69) is 31.5 Å². The molecule has 0 aliphatic carbocycles. The molecule has 0 saturated carbocycles. The third-order valence-corrected chi connectivity index (χ3v) is 5.39. The summed E-state index contributed by atoms with van der Waals surface area (Å²) in [4.78, 5) is 16.5. The minimum atomic E-state index is -0.246. The molecule has 146 valence electrons. The van der Waals surface area contributed by atoms with E-state index >= 15 is 0 Å². The van der Waals surface area contributed by atoms with E-state index in [4.69, 9.17) is 9.47 Å². The van der Waals surface area contributed by atoms with Crippen LogP contribution < -0.4 is 20.1 Å². The highest BCUT2D eigenvalue weighted by molar-refractivity contribution is 9.10. The van der Waals surface area contributed by atoms with Crippen molar-refractivity contribution in [2.45, 2.75) is 13.5 Å². The highest BCUT2D eigenvalue weighted by Crippen LogP contribution is 2.37. The lowest BCUT2D eigenvalue weighted by atomic mass is 10.2. The van der Waals surface area contributed by atoms with E-state index in [-0.39, 0.29) is 12.5 Å². The van der Waals surface area contributed by atoms with Crippen molar-refractivity contribution in [2.75, 3.05) is 24.4 Å². The predicted molar refractivity (Wildman–Crippen MR) is 115 cm³/mol. The number of aromatic nitrogens is 1. The lowest BCUT2D eigenvalue weighted by Gasteiger charge is -2.17. The number of anilines is 2. The largest absolute Gasteiger partial charge is 0.493 e. The lowest BCUT2D eigenvalue weighted by molar-refractivity contribution is -0.118. The second-order valence-electron chi connectivity index (χ2n) is 5.95. The van der Waals surface area contributed by atoms with Gasteiger partial charge in [-0.3, -0.25) is 4.79 Å². The van der Waals surface area contributed by atoms with E-state index in [1.807, 2.05) is 42.6 Å². The van der Waals surface area contributed by atoms with E-state index in [0.717, 1.165) is 26.4 Å². The van der Waals surface area contributed by atoms with Crippen LogP contribution in [0.5, 0.6) is 11.5 Å². The SMILES string of the molecule is COc1ccc(Br)c(CNc2nccs2)c1OCC(=O)Nc1ccc(C)cc1. The first-order valence-corrected chi connectivity index (χ1v) is 10.2. The summed E-state index contributed by atoms with van der Waals surface area (Å²) in [7, 11) is 1.57. The molecule has 0 unspecified atom stereocenters. The molecule has 0 aliphatic rings. The van der Waals surface area contributed by atoms with Crippen LogP contribution in [0.1, 0.15) is 11.1 Å². The molecular formula is C20H20BrN3O3S. The molecule has 2 aromatic carbocycles. The Kier molecular flexibility index (Phi) is 6.89. The van der Waals surface area contributed by atoms with Gasteiger partial charge in [-0.15, -0.1) is 11.3 Å². The number of hydrogen-bond acceptors (Lipinski definition) is 6. The Balaban J connectivity index is 1.71. The van der Waals surface area contributed by atoms with Gasteiger partial charge < -0.3 is 20.1 Å². The average molecular weight is 462 g/mol. The normalized spacial score (nSPS) is 10.4. The second-order valence-corrected chi connectivity index (χ2v) is 7.70. The van der Waals surface area contributed by atoms with Crippen molar-refractivity contribution in [1.29, 1.82) is 0 Å². The van der Waals surface area contributed by atoms with E-state index < -0.39 is 0 Å². The summed E-state index contributed by atoms with van der Waals surface area (Å²) < 4.78 is 12.1. The van der Waals surface area contributed by atoms with Crippen LogP contribution in [0.3, 0.4) is 0 Å². The highest BCUT2D eigenvalue weighted by Gasteiger charge is 2.16. The Morgan fingerprint density at radius 1 is 1.21 bits per heavy atom. The van der Waals surface area contributed by atoms with E-state index in [1.54, 1.807) is 19.4 Å². The van der Waals surface area contributed by atoms with Gasteiger partial charge in [-0.1, -0.05) is 33.6 Å². The molecule has 3 rings (SSSR count). The zero-order chi connectivity index (χ0) is 19.9. The molecule has 0 atom stereocenters. The number of nitrogens with zero attached hydrogens (tertiary/aromatic N) is 1. The third-order valence-electron chi connectivity index (χ3n) is 3.92. The monoisotopic (exact) mass is 461 g/mol. The van der Waals surface area contributed by atoms with E-state index in [0.29, 0.717) is 18.0 Å². The van der Waals surface area contributed by atoms with Gasteiger partial charge in [0.05, 0.1) is 7.11 Å². The molecule has 28 heavy (non-hydrogen) atoms. The van der Waals surface area contributed by atoms with Crippen LogP contribution in [0.25, 0.3) is 0 Å². The minimum absolute atomic E-state index is 0.134. The van der Waals surface area contributed by atoms with Crippen LogP contribution in [0, 0.1) is 6.92 Å². The number of aryl methyl sites for hydroxylation is 1. The number of methoxy groups -OCH3 is 1. The fourth-order valence-electron chi connectivity index (χ4n) is 2.51. The molecule has 6 nitrogen and oxygen atoms in total. The number of carbonyl (C=O) groups is 1. The summed E-state index contributed by atoms with van der Waals surface area (Å²) in [6.07, 6.45) is 1.74. The summed E-state index contributed by atoms with van der Waals surface area (Å²) >= 11 is 5.06. The molecule has 3 aromatic rings. The molecule has 0 aliphatic heterocycles. The van der Waals surface area contributed by atoms with Gasteiger partial charge in [-0.25, -0.2) is 4.98 Å². The molecule has 1 aromatic heterocycles. The molecule has 1 heterocycles.